The fourth-order valence-electron chi connectivity index (χ4n) is 1.97. The van der Waals surface area contributed by atoms with E-state index in [1.165, 1.54) is 12.2 Å². The number of allylic oxidation sites excluding steroid dienone is 2. The van der Waals surface area contributed by atoms with Gasteiger partial charge in [-0.2, -0.15) is 0 Å². The smallest absolute Gasteiger partial charge is 0.188 e. The van der Waals surface area contributed by atoms with Gasteiger partial charge in [0.2, 0.25) is 0 Å². The number of hydrogen-bond acceptors (Lipinski definition) is 4. The Morgan fingerprint density at radius 3 is 2.05 bits per heavy atom. The monoisotopic (exact) mass is 280 g/mol. The molecule has 2 aromatic carbocycles. The first-order chi connectivity index (χ1) is 10.1. The molecule has 0 aromatic heterocycles. The summed E-state index contributed by atoms with van der Waals surface area (Å²) in [6.07, 6.45) is 2.52. The van der Waals surface area contributed by atoms with Crippen molar-refractivity contribution in [3.05, 3.63) is 71.8 Å². The van der Waals surface area contributed by atoms with Gasteiger partial charge in [-0.1, -0.05) is 24.3 Å². The number of carbonyl (C=O) groups excluding carboxylic acids is 2. The van der Waals surface area contributed by atoms with Gasteiger partial charge in [0.25, 0.3) is 0 Å². The third-order valence-electron chi connectivity index (χ3n) is 3.07. The molecule has 0 unspecified atom stereocenters. The van der Waals surface area contributed by atoms with Crippen LogP contribution in [0.4, 0.5) is 11.4 Å². The first-order valence-electron chi connectivity index (χ1n) is 6.51. The lowest BCUT2D eigenvalue weighted by atomic mass is 10.1. The van der Waals surface area contributed by atoms with Gasteiger partial charge in [-0.25, -0.2) is 0 Å². The summed E-state index contributed by atoms with van der Waals surface area (Å²) in [7, 11) is 1.74. The van der Waals surface area contributed by atoms with E-state index in [-0.39, 0.29) is 11.6 Å². The second-order valence-electron chi connectivity index (χ2n) is 4.44. The maximum absolute atomic E-state index is 12.1. The highest BCUT2D eigenvalue weighted by atomic mass is 16.1. The van der Waals surface area contributed by atoms with Gasteiger partial charge < -0.3 is 11.1 Å². The van der Waals surface area contributed by atoms with Crippen LogP contribution in [0, 0.1) is 0 Å². The lowest BCUT2D eigenvalue weighted by molar-refractivity contribution is 0.102. The molecule has 3 N–H and O–H groups in total. The van der Waals surface area contributed by atoms with Crippen molar-refractivity contribution in [2.45, 2.75) is 0 Å². The molecule has 106 valence electrons. The summed E-state index contributed by atoms with van der Waals surface area (Å²) in [5.74, 6) is -0.522. The number of para-hydroxylation sites is 2. The summed E-state index contributed by atoms with van der Waals surface area (Å²) in [6.45, 7) is 0. The molecule has 0 fully saturated rings. The predicted octanol–water partition coefficient (Wildman–Crippen LogP) is 2.93. The zero-order valence-electron chi connectivity index (χ0n) is 11.7. The van der Waals surface area contributed by atoms with Crippen molar-refractivity contribution in [1.82, 2.24) is 0 Å². The number of carbonyl (C=O) groups is 2. The van der Waals surface area contributed by atoms with Crippen molar-refractivity contribution >= 4 is 22.9 Å². The molecule has 0 spiro atoms. The summed E-state index contributed by atoms with van der Waals surface area (Å²) < 4.78 is 0. The number of benzene rings is 2. The van der Waals surface area contributed by atoms with Crippen LogP contribution in [-0.4, -0.2) is 18.6 Å². The maximum atomic E-state index is 12.1. The Labute approximate surface area is 123 Å². The zero-order chi connectivity index (χ0) is 15.2. The highest BCUT2D eigenvalue weighted by Gasteiger charge is 2.09. The molecule has 2 aromatic rings. The van der Waals surface area contributed by atoms with Crippen LogP contribution in [0.15, 0.2) is 60.7 Å². The minimum atomic E-state index is -0.289. The van der Waals surface area contributed by atoms with E-state index in [2.05, 4.69) is 5.32 Å². The Kier molecular flexibility index (Phi) is 4.51. The second-order valence-corrected chi connectivity index (χ2v) is 4.44. The molecule has 0 amide bonds. The van der Waals surface area contributed by atoms with Crippen LogP contribution >= 0.6 is 0 Å². The molecule has 0 aliphatic rings. The number of nitrogens with two attached hydrogens (primary N) is 1. The van der Waals surface area contributed by atoms with Gasteiger partial charge in [0.1, 0.15) is 0 Å². The predicted molar refractivity (Wildman–Crippen MR) is 84.6 cm³/mol. The molecule has 0 bridgehead atoms. The molecular formula is C17H16N2O2. The Bertz CT molecular complexity index is 705. The van der Waals surface area contributed by atoms with E-state index < -0.39 is 0 Å². The average Bonchev–Trinajstić information content (AvgIpc) is 2.52. The van der Waals surface area contributed by atoms with Crippen LogP contribution in [0.5, 0.6) is 0 Å². The minimum absolute atomic E-state index is 0.234. The van der Waals surface area contributed by atoms with Crippen molar-refractivity contribution in [3.8, 4) is 0 Å². The van der Waals surface area contributed by atoms with E-state index in [0.29, 0.717) is 16.8 Å². The van der Waals surface area contributed by atoms with Crippen molar-refractivity contribution in [2.75, 3.05) is 18.1 Å². The van der Waals surface area contributed by atoms with Gasteiger partial charge in [0, 0.05) is 29.5 Å². The largest absolute Gasteiger partial charge is 0.398 e. The van der Waals surface area contributed by atoms with E-state index >= 15 is 0 Å². The van der Waals surface area contributed by atoms with Crippen LogP contribution in [0.3, 0.4) is 0 Å². The molecule has 0 heterocycles. The quantitative estimate of drug-likeness (QED) is 0.502. The number of hydrogen-bond donors (Lipinski definition) is 2. The highest BCUT2D eigenvalue weighted by molar-refractivity contribution is 6.15. The van der Waals surface area contributed by atoms with Crippen molar-refractivity contribution < 1.29 is 9.59 Å². The lowest BCUT2D eigenvalue weighted by Crippen LogP contribution is -2.03. The van der Waals surface area contributed by atoms with Crippen molar-refractivity contribution in [2.24, 2.45) is 0 Å². The molecule has 0 aliphatic carbocycles. The molecular weight excluding hydrogens is 264 g/mol. The number of ketones is 2. The zero-order valence-corrected chi connectivity index (χ0v) is 11.7. The van der Waals surface area contributed by atoms with Crippen LogP contribution < -0.4 is 11.1 Å². The molecule has 4 nitrogen and oxygen atoms in total. The van der Waals surface area contributed by atoms with E-state index in [1.54, 1.807) is 49.5 Å². The number of rotatable bonds is 5. The van der Waals surface area contributed by atoms with Crippen molar-refractivity contribution in [3.63, 3.8) is 0 Å². The fraction of sp³-hybridized carbons (Fsp3) is 0.0588. The standard InChI is InChI=1S/C17H16N2O2/c1-19-15-9-5-3-7-13(15)17(21)11-10-16(20)12-6-2-4-8-14(12)18/h2-11,19H,18H2,1H3/b11-10+. The summed E-state index contributed by atoms with van der Waals surface area (Å²) >= 11 is 0. The van der Waals surface area contributed by atoms with Crippen LogP contribution in [-0.2, 0) is 0 Å². The number of anilines is 2. The van der Waals surface area contributed by atoms with E-state index in [9.17, 15) is 9.59 Å². The Morgan fingerprint density at radius 2 is 1.43 bits per heavy atom. The highest BCUT2D eigenvalue weighted by Crippen LogP contribution is 2.16. The first-order valence-corrected chi connectivity index (χ1v) is 6.51. The SMILES string of the molecule is CNc1ccccc1C(=O)/C=C/C(=O)c1ccccc1N. The Balaban J connectivity index is 2.20. The fourth-order valence-corrected chi connectivity index (χ4v) is 1.97. The molecule has 4 heteroatoms. The van der Waals surface area contributed by atoms with Gasteiger partial charge >= 0.3 is 0 Å². The van der Waals surface area contributed by atoms with Gasteiger partial charge in [0.15, 0.2) is 11.6 Å². The van der Waals surface area contributed by atoms with E-state index in [1.807, 2.05) is 6.07 Å². The molecule has 2 rings (SSSR count). The topological polar surface area (TPSA) is 72.2 Å². The first kappa shape index (κ1) is 14.5. The number of nitrogen functional groups attached to an aromatic ring is 1. The summed E-state index contributed by atoms with van der Waals surface area (Å²) in [5, 5.41) is 2.95. The molecule has 0 atom stereocenters. The van der Waals surface area contributed by atoms with Gasteiger partial charge in [-0.3, -0.25) is 9.59 Å². The maximum Gasteiger partial charge on any atom is 0.188 e. The molecule has 0 saturated carbocycles. The summed E-state index contributed by atoms with van der Waals surface area (Å²) in [5.41, 5.74) is 7.77. The lowest BCUT2D eigenvalue weighted by Gasteiger charge is -2.05. The van der Waals surface area contributed by atoms with Gasteiger partial charge in [-0.15, -0.1) is 0 Å². The molecule has 0 aliphatic heterocycles. The Hall–Kier alpha value is -2.88. The second kappa shape index (κ2) is 6.52. The van der Waals surface area contributed by atoms with E-state index in [4.69, 9.17) is 5.73 Å². The van der Waals surface area contributed by atoms with Crippen LogP contribution in [0.25, 0.3) is 0 Å². The minimum Gasteiger partial charge on any atom is -0.398 e. The van der Waals surface area contributed by atoms with Gasteiger partial charge in [-0.05, 0) is 36.4 Å². The normalized spacial score (nSPS) is 10.5. The summed E-state index contributed by atoms with van der Waals surface area (Å²) in [4.78, 5) is 24.2. The molecule has 0 radical (unpaired) electrons. The third-order valence-corrected chi connectivity index (χ3v) is 3.07. The van der Waals surface area contributed by atoms with Crippen LogP contribution in [0.2, 0.25) is 0 Å². The molecule has 0 saturated heterocycles. The Morgan fingerprint density at radius 1 is 0.905 bits per heavy atom. The van der Waals surface area contributed by atoms with Crippen LogP contribution in [0.1, 0.15) is 20.7 Å². The third kappa shape index (κ3) is 3.36. The van der Waals surface area contributed by atoms with E-state index in [0.717, 1.165) is 5.69 Å². The average molecular weight is 280 g/mol. The van der Waals surface area contributed by atoms with Gasteiger partial charge in [0.05, 0.1) is 0 Å². The summed E-state index contributed by atoms with van der Waals surface area (Å²) in [6, 6.07) is 13.9. The number of nitrogens with one attached hydrogen (secondary N) is 1. The molecule has 21 heavy (non-hydrogen) atoms. The van der Waals surface area contributed by atoms with Crippen molar-refractivity contribution in [1.29, 1.82) is 0 Å².